The van der Waals surface area contributed by atoms with Crippen LogP contribution in [0.15, 0.2) is 42.9 Å². The van der Waals surface area contributed by atoms with Gasteiger partial charge in [-0.15, -0.1) is 0 Å². The number of ether oxygens (including phenoxy) is 3. The smallest absolute Gasteiger partial charge is 0.416 e. The van der Waals surface area contributed by atoms with Crippen LogP contribution < -0.4 is 19.9 Å². The largest absolute Gasteiger partial charge is 0.474 e. The number of fused-ring (bicyclic) bond motifs is 4. The van der Waals surface area contributed by atoms with Gasteiger partial charge in [0.15, 0.2) is 23.2 Å². The molecule has 2 fully saturated rings. The number of piperidine rings is 1. The number of hydrogen-bond acceptors (Lipinski definition) is 9. The maximum Gasteiger partial charge on any atom is 0.416 e. The summed E-state index contributed by atoms with van der Waals surface area (Å²) in [5, 5.41) is 2.76. The molecule has 216 valence electrons. The van der Waals surface area contributed by atoms with E-state index < -0.39 is 23.6 Å². The fourth-order valence-electron chi connectivity index (χ4n) is 5.21. The second-order valence-corrected chi connectivity index (χ2v) is 10.5. The van der Waals surface area contributed by atoms with Crippen molar-refractivity contribution in [2.45, 2.75) is 50.8 Å². The molecule has 0 spiro atoms. The van der Waals surface area contributed by atoms with Crippen molar-refractivity contribution in [1.82, 2.24) is 19.9 Å². The second kappa shape index (κ2) is 10.4. The number of nitrogens with one attached hydrogen (secondary N) is 1. The fraction of sp³-hybridized carbons (Fsp3) is 0.444. The third-order valence-corrected chi connectivity index (χ3v) is 7.10. The maximum absolute atomic E-state index is 13.6. The van der Waals surface area contributed by atoms with Crippen molar-refractivity contribution in [1.29, 1.82) is 0 Å². The lowest BCUT2D eigenvalue weighted by atomic mass is 10.0. The molecule has 1 aromatic carbocycles. The Kier molecular flexibility index (Phi) is 6.90. The summed E-state index contributed by atoms with van der Waals surface area (Å²) in [7, 11) is 0. The van der Waals surface area contributed by atoms with E-state index in [4.69, 9.17) is 14.2 Å². The van der Waals surface area contributed by atoms with Gasteiger partial charge in [0.25, 0.3) is 0 Å². The minimum absolute atomic E-state index is 0.0927. The Balaban J connectivity index is 1.21. The molecule has 6 rings (SSSR count). The molecule has 41 heavy (non-hydrogen) atoms. The average Bonchev–Trinajstić information content (AvgIpc) is 3.30. The molecular formula is C27H28F3N7O4. The Morgan fingerprint density at radius 2 is 2.05 bits per heavy atom. The van der Waals surface area contributed by atoms with Crippen molar-refractivity contribution in [2.24, 2.45) is 0 Å². The predicted octanol–water partition coefficient (Wildman–Crippen LogP) is 4.50. The summed E-state index contributed by atoms with van der Waals surface area (Å²) in [5.74, 6) is 0.234. The highest BCUT2D eigenvalue weighted by Gasteiger charge is 2.39. The topological polar surface area (TPSA) is 115 Å². The molecule has 2 saturated heterocycles. The quantitative estimate of drug-likeness (QED) is 0.473. The van der Waals surface area contributed by atoms with Crippen molar-refractivity contribution < 1.29 is 32.2 Å². The minimum Gasteiger partial charge on any atom is -0.474 e. The molecule has 1 N–H and O–H groups in total. The Bertz CT molecular complexity index is 1440. The molecule has 14 heteroatoms. The fourth-order valence-corrected chi connectivity index (χ4v) is 5.21. The van der Waals surface area contributed by atoms with Crippen molar-refractivity contribution in [3.8, 4) is 17.3 Å². The number of benzene rings is 1. The van der Waals surface area contributed by atoms with Gasteiger partial charge in [-0.05, 0) is 38.8 Å². The van der Waals surface area contributed by atoms with Crippen LogP contribution in [-0.4, -0.2) is 70.2 Å². The molecule has 0 aliphatic carbocycles. The van der Waals surface area contributed by atoms with Crippen LogP contribution in [0.4, 0.5) is 35.3 Å². The lowest BCUT2D eigenvalue weighted by Crippen LogP contribution is -2.56. The minimum atomic E-state index is -4.50. The van der Waals surface area contributed by atoms with E-state index in [2.05, 4.69) is 30.2 Å². The third-order valence-electron chi connectivity index (χ3n) is 7.10. The molecule has 0 radical (unpaired) electrons. The lowest BCUT2D eigenvalue weighted by Gasteiger charge is -2.45. The number of carbonyl (C=O) groups is 1. The zero-order chi connectivity index (χ0) is 28.8. The molecule has 3 aliphatic rings. The molecule has 2 aromatic heterocycles. The summed E-state index contributed by atoms with van der Waals surface area (Å²) in [5.41, 5.74) is 0.0433. The van der Waals surface area contributed by atoms with Gasteiger partial charge in [-0.2, -0.15) is 13.2 Å². The number of alkyl halides is 3. The molecule has 2 atom stereocenters. The van der Waals surface area contributed by atoms with Gasteiger partial charge in [0.05, 0.1) is 42.5 Å². The first-order chi connectivity index (χ1) is 19.6. The van der Waals surface area contributed by atoms with Crippen LogP contribution in [0.2, 0.25) is 0 Å². The molecule has 5 heterocycles. The van der Waals surface area contributed by atoms with E-state index in [1.165, 1.54) is 29.4 Å². The van der Waals surface area contributed by atoms with E-state index in [1.54, 1.807) is 6.20 Å². The predicted molar refractivity (Wildman–Crippen MR) is 142 cm³/mol. The van der Waals surface area contributed by atoms with Crippen molar-refractivity contribution in [3.63, 3.8) is 0 Å². The summed E-state index contributed by atoms with van der Waals surface area (Å²) >= 11 is 0. The number of hydrogen-bond donors (Lipinski definition) is 1. The van der Waals surface area contributed by atoms with Crippen molar-refractivity contribution >= 4 is 23.4 Å². The van der Waals surface area contributed by atoms with E-state index >= 15 is 0 Å². The summed E-state index contributed by atoms with van der Waals surface area (Å²) in [6.07, 6.45) is 1.22. The normalized spacial score (nSPS) is 21.4. The van der Waals surface area contributed by atoms with E-state index in [0.717, 1.165) is 31.5 Å². The number of anilines is 3. The number of carbonyl (C=O) groups excluding carboxylic acids is 1. The lowest BCUT2D eigenvalue weighted by molar-refractivity contribution is -0.141. The van der Waals surface area contributed by atoms with Gasteiger partial charge in [0, 0.05) is 18.7 Å². The molecule has 11 nitrogen and oxygen atoms in total. The highest BCUT2D eigenvalue weighted by molar-refractivity contribution is 6.04. The van der Waals surface area contributed by atoms with Crippen LogP contribution in [0.1, 0.15) is 32.3 Å². The molecule has 3 aromatic rings. The van der Waals surface area contributed by atoms with Gasteiger partial charge in [-0.3, -0.25) is 10.2 Å². The Labute approximate surface area is 233 Å². The second-order valence-electron chi connectivity index (χ2n) is 10.5. The van der Waals surface area contributed by atoms with Crippen molar-refractivity contribution in [2.75, 3.05) is 41.4 Å². The Morgan fingerprint density at radius 1 is 1.20 bits per heavy atom. The number of halogens is 3. The monoisotopic (exact) mass is 571 g/mol. The maximum atomic E-state index is 13.6. The summed E-state index contributed by atoms with van der Waals surface area (Å²) in [6, 6.07) is 4.15. The van der Waals surface area contributed by atoms with Gasteiger partial charge in [-0.25, -0.2) is 24.7 Å². The number of amides is 2. The van der Waals surface area contributed by atoms with Crippen LogP contribution in [0.5, 0.6) is 5.88 Å². The third kappa shape index (κ3) is 5.75. The Morgan fingerprint density at radius 3 is 2.78 bits per heavy atom. The van der Waals surface area contributed by atoms with Crippen LogP contribution in [0.25, 0.3) is 11.4 Å². The first-order valence-electron chi connectivity index (χ1n) is 13.2. The van der Waals surface area contributed by atoms with E-state index in [0.29, 0.717) is 24.7 Å². The SMILES string of the molecule is CC1(C)OC[C@@H](COc2cnc(NC(=O)N3c4nc(-c5cccc(C(F)(F)F)c5)ncc4N4CCCC3C4)cn2)O1. The van der Waals surface area contributed by atoms with Gasteiger partial charge in [0.1, 0.15) is 12.7 Å². The molecule has 2 bridgehead atoms. The zero-order valence-electron chi connectivity index (χ0n) is 22.4. The van der Waals surface area contributed by atoms with Crippen LogP contribution in [0, 0.1) is 0 Å². The number of rotatable bonds is 5. The van der Waals surface area contributed by atoms with Gasteiger partial charge >= 0.3 is 12.2 Å². The molecule has 3 aliphatic heterocycles. The van der Waals surface area contributed by atoms with Gasteiger partial charge in [0.2, 0.25) is 5.88 Å². The van der Waals surface area contributed by atoms with Crippen LogP contribution in [0.3, 0.4) is 0 Å². The summed E-state index contributed by atoms with van der Waals surface area (Å²) in [4.78, 5) is 34.6. The highest BCUT2D eigenvalue weighted by Crippen LogP contribution is 2.39. The molecular weight excluding hydrogens is 543 g/mol. The van der Waals surface area contributed by atoms with Gasteiger partial charge in [-0.1, -0.05) is 12.1 Å². The van der Waals surface area contributed by atoms with E-state index in [-0.39, 0.29) is 41.8 Å². The van der Waals surface area contributed by atoms with Crippen molar-refractivity contribution in [3.05, 3.63) is 48.4 Å². The number of aromatic nitrogens is 4. The van der Waals surface area contributed by atoms with E-state index in [9.17, 15) is 18.0 Å². The number of nitrogens with zero attached hydrogens (tertiary/aromatic N) is 6. The average molecular weight is 572 g/mol. The Hall–Kier alpha value is -4.04. The molecule has 0 saturated carbocycles. The standard InChI is InChI=1S/C27H28F3N7O4/c1-26(2)40-15-19(41-26)14-39-22-12-31-21(11-32-22)34-25(38)37-18-7-4-8-36(13-18)20-10-33-23(35-24(20)37)16-5-3-6-17(9-16)27(28,29)30/h3,5-6,9-12,18-19H,4,7-8,13-15H2,1-2H3,(H,31,34,38)/t18?,19-/m1/s1. The van der Waals surface area contributed by atoms with Crippen LogP contribution >= 0.6 is 0 Å². The number of urea groups is 1. The summed E-state index contributed by atoms with van der Waals surface area (Å²) in [6.45, 7) is 5.66. The van der Waals surface area contributed by atoms with Gasteiger partial charge < -0.3 is 19.1 Å². The first-order valence-corrected chi connectivity index (χ1v) is 13.2. The van der Waals surface area contributed by atoms with E-state index in [1.807, 2.05) is 13.8 Å². The molecule has 1 unspecified atom stereocenters. The van der Waals surface area contributed by atoms with Crippen LogP contribution in [-0.2, 0) is 15.7 Å². The highest BCUT2D eigenvalue weighted by atomic mass is 19.4. The zero-order valence-corrected chi connectivity index (χ0v) is 22.4. The molecule has 2 amide bonds. The first kappa shape index (κ1) is 27.1. The summed E-state index contributed by atoms with van der Waals surface area (Å²) < 4.78 is 56.8.